The van der Waals surface area contributed by atoms with E-state index in [4.69, 9.17) is 0 Å². The minimum atomic E-state index is 0.738. The molecule has 0 unspecified atom stereocenters. The average molecular weight is 267 g/mol. The van der Waals surface area contributed by atoms with Crippen molar-refractivity contribution in [2.24, 2.45) is 0 Å². The monoisotopic (exact) mass is 267 g/mol. The number of hydrogen-bond donors (Lipinski definition) is 1. The van der Waals surface area contributed by atoms with Crippen molar-refractivity contribution in [1.82, 2.24) is 15.3 Å². The Bertz CT molecular complexity index is 559. The van der Waals surface area contributed by atoms with E-state index in [0.717, 1.165) is 31.1 Å². The highest BCUT2D eigenvalue weighted by molar-refractivity contribution is 5.24. The highest BCUT2D eigenvalue weighted by Gasteiger charge is 2.19. The van der Waals surface area contributed by atoms with Crippen molar-refractivity contribution in [2.45, 2.75) is 45.2 Å². The third-order valence-corrected chi connectivity index (χ3v) is 3.70. The molecular weight excluding hydrogens is 246 g/mol. The molecule has 0 radical (unpaired) electrons. The smallest absolute Gasteiger partial charge is 0.0448 e. The van der Waals surface area contributed by atoms with E-state index in [1.165, 1.54) is 29.5 Å². The quantitative estimate of drug-likeness (QED) is 0.874. The molecular formula is C17H21N3. The van der Waals surface area contributed by atoms with Crippen LogP contribution in [0, 0.1) is 0 Å². The van der Waals surface area contributed by atoms with Crippen LogP contribution in [0.1, 0.15) is 42.1 Å². The Balaban J connectivity index is 1.64. The molecule has 3 heteroatoms. The fraction of sp³-hybridized carbons (Fsp3) is 0.412. The summed E-state index contributed by atoms with van der Waals surface area (Å²) in [6.07, 6.45) is 10.4. The first kappa shape index (κ1) is 13.3. The molecule has 104 valence electrons. The van der Waals surface area contributed by atoms with Crippen molar-refractivity contribution >= 4 is 0 Å². The lowest BCUT2D eigenvalue weighted by Crippen LogP contribution is -2.15. The third-order valence-electron chi connectivity index (χ3n) is 3.70. The van der Waals surface area contributed by atoms with Gasteiger partial charge in [-0.05, 0) is 42.0 Å². The van der Waals surface area contributed by atoms with E-state index >= 15 is 0 Å². The van der Waals surface area contributed by atoms with Gasteiger partial charge in [0.05, 0.1) is 0 Å². The first-order chi connectivity index (χ1) is 9.83. The lowest BCUT2D eigenvalue weighted by molar-refractivity contribution is 0.685. The second-order valence-corrected chi connectivity index (χ2v) is 5.54. The highest BCUT2D eigenvalue weighted by Crippen LogP contribution is 2.19. The predicted molar refractivity (Wildman–Crippen MR) is 80.5 cm³/mol. The van der Waals surface area contributed by atoms with Gasteiger partial charge in [-0.2, -0.15) is 0 Å². The fourth-order valence-corrected chi connectivity index (χ4v) is 2.26. The molecule has 0 aromatic carbocycles. The molecule has 0 saturated heterocycles. The van der Waals surface area contributed by atoms with Gasteiger partial charge in [-0.3, -0.25) is 9.97 Å². The molecule has 2 heterocycles. The zero-order valence-electron chi connectivity index (χ0n) is 12.0. The van der Waals surface area contributed by atoms with Crippen molar-refractivity contribution in [3.63, 3.8) is 0 Å². The van der Waals surface area contributed by atoms with Crippen LogP contribution in [0.4, 0.5) is 0 Å². The van der Waals surface area contributed by atoms with E-state index in [1.54, 1.807) is 0 Å². The molecule has 3 nitrogen and oxygen atoms in total. The SMILES string of the molecule is CCc1ccc(Cc2cncc(CNC3CC3)c2)nc1. The van der Waals surface area contributed by atoms with Crippen molar-refractivity contribution in [1.29, 1.82) is 0 Å². The molecule has 1 aliphatic carbocycles. The van der Waals surface area contributed by atoms with Gasteiger partial charge in [0.25, 0.3) is 0 Å². The van der Waals surface area contributed by atoms with Crippen LogP contribution >= 0.6 is 0 Å². The number of nitrogens with one attached hydrogen (secondary N) is 1. The molecule has 1 aliphatic rings. The predicted octanol–water partition coefficient (Wildman–Crippen LogP) is 2.88. The maximum atomic E-state index is 4.52. The number of aryl methyl sites for hydroxylation is 1. The van der Waals surface area contributed by atoms with Gasteiger partial charge < -0.3 is 5.32 Å². The summed E-state index contributed by atoms with van der Waals surface area (Å²) in [5.74, 6) is 0. The van der Waals surface area contributed by atoms with Crippen LogP contribution in [0.3, 0.4) is 0 Å². The van der Waals surface area contributed by atoms with Crippen molar-refractivity contribution in [3.8, 4) is 0 Å². The Kier molecular flexibility index (Phi) is 4.07. The highest BCUT2D eigenvalue weighted by atomic mass is 14.9. The van der Waals surface area contributed by atoms with Crippen LogP contribution in [0.25, 0.3) is 0 Å². The molecule has 0 spiro atoms. The summed E-state index contributed by atoms with van der Waals surface area (Å²) in [5, 5.41) is 3.52. The molecule has 2 aromatic rings. The summed E-state index contributed by atoms with van der Waals surface area (Å²) in [5.41, 5.74) is 4.89. The standard InChI is InChI=1S/C17H21N3/c1-2-13-3-4-17(20-11-13)8-14-7-15(10-18-9-14)12-19-16-5-6-16/h3-4,7,9-11,16,19H,2,5-6,8,12H2,1H3. The number of hydrogen-bond acceptors (Lipinski definition) is 3. The van der Waals surface area contributed by atoms with Crippen LogP contribution < -0.4 is 5.32 Å². The van der Waals surface area contributed by atoms with Crippen molar-refractivity contribution in [2.75, 3.05) is 0 Å². The lowest BCUT2D eigenvalue weighted by atomic mass is 10.1. The molecule has 20 heavy (non-hydrogen) atoms. The van der Waals surface area contributed by atoms with E-state index in [2.05, 4.69) is 40.4 Å². The molecule has 1 N–H and O–H groups in total. The Hall–Kier alpha value is -1.74. The maximum absolute atomic E-state index is 4.52. The topological polar surface area (TPSA) is 37.8 Å². The van der Waals surface area contributed by atoms with Crippen molar-refractivity contribution in [3.05, 3.63) is 59.2 Å². The number of rotatable bonds is 6. The van der Waals surface area contributed by atoms with Gasteiger partial charge >= 0.3 is 0 Å². The summed E-state index contributed by atoms with van der Waals surface area (Å²) >= 11 is 0. The second-order valence-electron chi connectivity index (χ2n) is 5.54. The van der Waals surface area contributed by atoms with Crippen LogP contribution in [-0.4, -0.2) is 16.0 Å². The molecule has 0 bridgehead atoms. The number of aromatic nitrogens is 2. The maximum Gasteiger partial charge on any atom is 0.0448 e. The number of nitrogens with zero attached hydrogens (tertiary/aromatic N) is 2. The normalized spacial score (nSPS) is 14.4. The zero-order chi connectivity index (χ0) is 13.8. The summed E-state index contributed by atoms with van der Waals surface area (Å²) in [4.78, 5) is 8.86. The second kappa shape index (κ2) is 6.14. The lowest BCUT2D eigenvalue weighted by Gasteiger charge is -2.06. The number of pyridine rings is 2. The first-order valence-electron chi connectivity index (χ1n) is 7.43. The minimum absolute atomic E-state index is 0.738. The van der Waals surface area contributed by atoms with Gasteiger partial charge in [0.15, 0.2) is 0 Å². The Morgan fingerprint density at radius 1 is 1.10 bits per heavy atom. The Labute approximate surface area is 120 Å². The fourth-order valence-electron chi connectivity index (χ4n) is 2.26. The Morgan fingerprint density at radius 2 is 1.95 bits per heavy atom. The average Bonchev–Trinajstić information content (AvgIpc) is 3.31. The molecule has 1 fully saturated rings. The summed E-state index contributed by atoms with van der Waals surface area (Å²) in [6, 6.07) is 7.25. The summed E-state index contributed by atoms with van der Waals surface area (Å²) < 4.78 is 0. The van der Waals surface area contributed by atoms with Crippen molar-refractivity contribution < 1.29 is 0 Å². The largest absolute Gasteiger partial charge is 0.310 e. The molecule has 0 aliphatic heterocycles. The summed E-state index contributed by atoms with van der Waals surface area (Å²) in [7, 11) is 0. The van der Waals surface area contributed by atoms with Gasteiger partial charge in [0.2, 0.25) is 0 Å². The zero-order valence-corrected chi connectivity index (χ0v) is 12.0. The molecule has 1 saturated carbocycles. The molecule has 0 amide bonds. The molecule has 2 aromatic heterocycles. The minimum Gasteiger partial charge on any atom is -0.310 e. The molecule has 0 atom stereocenters. The molecule has 3 rings (SSSR count). The Morgan fingerprint density at radius 3 is 2.65 bits per heavy atom. The third kappa shape index (κ3) is 3.64. The van der Waals surface area contributed by atoms with E-state index in [9.17, 15) is 0 Å². The van der Waals surface area contributed by atoms with E-state index in [0.29, 0.717) is 0 Å². The van der Waals surface area contributed by atoms with Crippen LogP contribution in [0.5, 0.6) is 0 Å². The summed E-state index contributed by atoms with van der Waals surface area (Å²) in [6.45, 7) is 3.07. The van der Waals surface area contributed by atoms with Gasteiger partial charge in [0, 0.05) is 43.3 Å². The van der Waals surface area contributed by atoms with E-state index in [1.807, 2.05) is 18.6 Å². The van der Waals surface area contributed by atoms with Crippen LogP contribution in [0.2, 0.25) is 0 Å². The van der Waals surface area contributed by atoms with Crippen LogP contribution in [-0.2, 0) is 19.4 Å². The first-order valence-corrected chi connectivity index (χ1v) is 7.43. The van der Waals surface area contributed by atoms with Gasteiger partial charge in [-0.25, -0.2) is 0 Å². The van der Waals surface area contributed by atoms with Crippen LogP contribution in [0.15, 0.2) is 36.8 Å². The van der Waals surface area contributed by atoms with E-state index < -0.39 is 0 Å². The van der Waals surface area contributed by atoms with E-state index in [-0.39, 0.29) is 0 Å². The van der Waals surface area contributed by atoms with Gasteiger partial charge in [-0.1, -0.05) is 19.1 Å². The van der Waals surface area contributed by atoms with Gasteiger partial charge in [0.1, 0.15) is 0 Å². The van der Waals surface area contributed by atoms with Gasteiger partial charge in [-0.15, -0.1) is 0 Å².